The van der Waals surface area contributed by atoms with E-state index in [1.807, 2.05) is 18.5 Å². The molecule has 1 aromatic carbocycles. The van der Waals surface area contributed by atoms with Crippen molar-refractivity contribution in [2.24, 2.45) is 0 Å². The van der Waals surface area contributed by atoms with E-state index in [9.17, 15) is 0 Å². The van der Waals surface area contributed by atoms with Crippen molar-refractivity contribution in [2.75, 3.05) is 0 Å². The van der Waals surface area contributed by atoms with Gasteiger partial charge in [0.15, 0.2) is 4.77 Å². The summed E-state index contributed by atoms with van der Waals surface area (Å²) in [7, 11) is 0. The lowest BCUT2D eigenvalue weighted by Crippen LogP contribution is -2.08. The number of H-pyrrole nitrogens is 1. The first kappa shape index (κ1) is 11.9. The highest BCUT2D eigenvalue weighted by Gasteiger charge is 2.16. The lowest BCUT2D eigenvalue weighted by Gasteiger charge is -2.20. The first-order chi connectivity index (χ1) is 9.84. The maximum Gasteiger partial charge on any atom is 0.182 e. The smallest absolute Gasteiger partial charge is 0.182 e. The third kappa shape index (κ3) is 1.72. The van der Waals surface area contributed by atoms with Gasteiger partial charge in [-0.15, -0.1) is 0 Å². The minimum absolute atomic E-state index is 0.743. The molecule has 4 rings (SSSR count). The van der Waals surface area contributed by atoms with Crippen molar-refractivity contribution in [3.8, 4) is 5.69 Å². The maximum atomic E-state index is 5.52. The molecular formula is C16H15N3S. The molecule has 0 unspecified atom stereocenters. The molecule has 0 saturated heterocycles. The van der Waals surface area contributed by atoms with Crippen molar-refractivity contribution >= 4 is 23.3 Å². The molecule has 3 nitrogen and oxygen atoms in total. The van der Waals surface area contributed by atoms with E-state index < -0.39 is 0 Å². The molecule has 0 amide bonds. The molecule has 0 saturated carbocycles. The number of imidazole rings is 1. The summed E-state index contributed by atoms with van der Waals surface area (Å²) in [5, 5.41) is 0. The molecular weight excluding hydrogens is 266 g/mol. The van der Waals surface area contributed by atoms with Crippen LogP contribution in [0.5, 0.6) is 0 Å². The molecule has 0 bridgehead atoms. The fourth-order valence-corrected chi connectivity index (χ4v) is 3.48. The average molecular weight is 281 g/mol. The molecule has 1 aliphatic rings. The van der Waals surface area contributed by atoms with Gasteiger partial charge in [0.1, 0.15) is 0 Å². The summed E-state index contributed by atoms with van der Waals surface area (Å²) in [4.78, 5) is 7.41. The van der Waals surface area contributed by atoms with Crippen molar-refractivity contribution in [1.82, 2.24) is 14.5 Å². The predicted octanol–water partition coefficient (Wildman–Crippen LogP) is 3.96. The highest BCUT2D eigenvalue weighted by Crippen LogP contribution is 2.29. The van der Waals surface area contributed by atoms with E-state index in [0.717, 1.165) is 22.2 Å². The number of pyridine rings is 1. The van der Waals surface area contributed by atoms with Gasteiger partial charge >= 0.3 is 0 Å². The van der Waals surface area contributed by atoms with Crippen molar-refractivity contribution in [3.63, 3.8) is 0 Å². The van der Waals surface area contributed by atoms with Crippen LogP contribution in [0.1, 0.15) is 24.0 Å². The number of fused-ring (bicyclic) bond motifs is 2. The van der Waals surface area contributed by atoms with Gasteiger partial charge in [-0.25, -0.2) is 0 Å². The summed E-state index contributed by atoms with van der Waals surface area (Å²) in [6.45, 7) is 0. The number of nitrogens with zero attached hydrogens (tertiary/aromatic N) is 2. The molecule has 0 aliphatic heterocycles. The zero-order valence-electron chi connectivity index (χ0n) is 11.1. The van der Waals surface area contributed by atoms with Crippen molar-refractivity contribution in [1.29, 1.82) is 0 Å². The molecule has 0 spiro atoms. The SMILES string of the molecule is S=c1[nH]c2cnccc2n1-c1cccc2c1CCCC2. The van der Waals surface area contributed by atoms with Crippen LogP contribution in [-0.4, -0.2) is 14.5 Å². The quantitative estimate of drug-likeness (QED) is 0.685. The van der Waals surface area contributed by atoms with Crippen LogP contribution in [0.25, 0.3) is 16.7 Å². The van der Waals surface area contributed by atoms with Gasteiger partial charge in [-0.05, 0) is 61.2 Å². The molecule has 100 valence electrons. The Bertz CT molecular complexity index is 844. The standard InChI is InChI=1S/C16H15N3S/c20-16-18-13-10-17-9-8-15(13)19(16)14-7-3-5-11-4-1-2-6-12(11)14/h3,5,7-10H,1-2,4,6H2,(H,18,20). The minimum Gasteiger partial charge on any atom is -0.329 e. The van der Waals surface area contributed by atoms with Crippen molar-refractivity contribution < 1.29 is 0 Å². The number of benzene rings is 1. The van der Waals surface area contributed by atoms with Gasteiger partial charge in [-0.3, -0.25) is 9.55 Å². The molecule has 20 heavy (non-hydrogen) atoms. The predicted molar refractivity (Wildman–Crippen MR) is 82.9 cm³/mol. The average Bonchev–Trinajstić information content (AvgIpc) is 2.82. The Morgan fingerprint density at radius 2 is 2.05 bits per heavy atom. The first-order valence-electron chi connectivity index (χ1n) is 7.00. The zero-order chi connectivity index (χ0) is 13.5. The van der Waals surface area contributed by atoms with Crippen LogP contribution in [-0.2, 0) is 12.8 Å². The van der Waals surface area contributed by atoms with Gasteiger partial charge in [0.05, 0.1) is 22.9 Å². The Morgan fingerprint density at radius 3 is 3.00 bits per heavy atom. The third-order valence-electron chi connectivity index (χ3n) is 4.10. The van der Waals surface area contributed by atoms with Gasteiger partial charge in [0, 0.05) is 6.20 Å². The number of nitrogens with one attached hydrogen (secondary N) is 1. The van der Waals surface area contributed by atoms with Crippen LogP contribution in [0.4, 0.5) is 0 Å². The number of aryl methyl sites for hydroxylation is 1. The van der Waals surface area contributed by atoms with Crippen LogP contribution >= 0.6 is 12.2 Å². The van der Waals surface area contributed by atoms with Crippen LogP contribution in [0.3, 0.4) is 0 Å². The second kappa shape index (κ2) is 4.56. The lowest BCUT2D eigenvalue weighted by molar-refractivity contribution is 0.681. The Kier molecular flexibility index (Phi) is 2.70. The van der Waals surface area contributed by atoms with E-state index in [4.69, 9.17) is 12.2 Å². The van der Waals surface area contributed by atoms with Crippen LogP contribution in [0.15, 0.2) is 36.7 Å². The molecule has 0 radical (unpaired) electrons. The first-order valence-corrected chi connectivity index (χ1v) is 7.41. The lowest BCUT2D eigenvalue weighted by atomic mass is 9.90. The van der Waals surface area contributed by atoms with Crippen LogP contribution < -0.4 is 0 Å². The van der Waals surface area contributed by atoms with Gasteiger partial charge < -0.3 is 4.98 Å². The maximum absolute atomic E-state index is 5.52. The van der Waals surface area contributed by atoms with E-state index in [0.29, 0.717) is 0 Å². The van der Waals surface area contributed by atoms with E-state index in [1.165, 1.54) is 36.1 Å². The summed E-state index contributed by atoms with van der Waals surface area (Å²) < 4.78 is 2.89. The highest BCUT2D eigenvalue weighted by molar-refractivity contribution is 7.71. The van der Waals surface area contributed by atoms with Gasteiger partial charge in [0.2, 0.25) is 0 Å². The molecule has 3 aromatic rings. The number of hydrogen-bond acceptors (Lipinski definition) is 2. The van der Waals surface area contributed by atoms with Crippen LogP contribution in [0, 0.1) is 4.77 Å². The Balaban J connectivity index is 2.05. The highest BCUT2D eigenvalue weighted by atomic mass is 32.1. The summed E-state index contributed by atoms with van der Waals surface area (Å²) >= 11 is 5.52. The van der Waals surface area contributed by atoms with E-state index in [-0.39, 0.29) is 0 Å². The number of aromatic nitrogens is 3. The molecule has 2 aromatic heterocycles. The van der Waals surface area contributed by atoms with E-state index >= 15 is 0 Å². The summed E-state index contributed by atoms with van der Waals surface area (Å²) in [5.41, 5.74) is 6.24. The van der Waals surface area contributed by atoms with E-state index in [1.54, 1.807) is 0 Å². The fourth-order valence-electron chi connectivity index (χ4n) is 3.17. The van der Waals surface area contributed by atoms with Crippen molar-refractivity contribution in [2.45, 2.75) is 25.7 Å². The molecule has 0 fully saturated rings. The summed E-state index contributed by atoms with van der Waals surface area (Å²) in [5.74, 6) is 0. The molecule has 0 atom stereocenters. The summed E-state index contributed by atoms with van der Waals surface area (Å²) in [6.07, 6.45) is 8.53. The molecule has 2 heterocycles. The van der Waals surface area contributed by atoms with Crippen molar-refractivity contribution in [3.05, 3.63) is 52.6 Å². The van der Waals surface area contributed by atoms with Crippen LogP contribution in [0.2, 0.25) is 0 Å². The third-order valence-corrected chi connectivity index (χ3v) is 4.38. The van der Waals surface area contributed by atoms with Gasteiger partial charge in [0.25, 0.3) is 0 Å². The molecule has 4 heteroatoms. The van der Waals surface area contributed by atoms with Gasteiger partial charge in [-0.1, -0.05) is 12.1 Å². The van der Waals surface area contributed by atoms with E-state index in [2.05, 4.69) is 32.7 Å². The second-order valence-electron chi connectivity index (χ2n) is 5.28. The largest absolute Gasteiger partial charge is 0.329 e. The zero-order valence-corrected chi connectivity index (χ0v) is 11.9. The number of rotatable bonds is 1. The second-order valence-corrected chi connectivity index (χ2v) is 5.67. The monoisotopic (exact) mass is 281 g/mol. The Labute approximate surface area is 122 Å². The topological polar surface area (TPSA) is 33.6 Å². The fraction of sp³-hybridized carbons (Fsp3) is 0.250. The molecule has 1 N–H and O–H groups in total. The number of hydrogen-bond donors (Lipinski definition) is 1. The minimum atomic E-state index is 0.743. The number of aromatic amines is 1. The normalized spacial score (nSPS) is 14.4. The Morgan fingerprint density at radius 1 is 1.15 bits per heavy atom. The Hall–Kier alpha value is -1.94. The van der Waals surface area contributed by atoms with Gasteiger partial charge in [-0.2, -0.15) is 0 Å². The molecule has 1 aliphatic carbocycles. The summed E-state index contributed by atoms with van der Waals surface area (Å²) in [6, 6.07) is 8.58.